The number of hydrogen-bond donors (Lipinski definition) is 0. The van der Waals surface area contributed by atoms with Crippen molar-refractivity contribution in [3.63, 3.8) is 0 Å². The van der Waals surface area contributed by atoms with Crippen molar-refractivity contribution < 1.29 is 4.39 Å². The van der Waals surface area contributed by atoms with E-state index in [0.29, 0.717) is 5.88 Å². The van der Waals surface area contributed by atoms with E-state index in [1.165, 1.54) is 12.1 Å². The lowest BCUT2D eigenvalue weighted by molar-refractivity contribution is 0.628. The van der Waals surface area contributed by atoms with Gasteiger partial charge >= 0.3 is 0 Å². The number of aromatic nitrogens is 1. The summed E-state index contributed by atoms with van der Waals surface area (Å²) >= 11 is 5.97. The van der Waals surface area contributed by atoms with Crippen LogP contribution >= 0.6 is 11.6 Å². The third kappa shape index (κ3) is 2.57. The number of nitrogens with zero attached hydrogens (tertiary/aromatic N) is 2. The monoisotopic (exact) mass is 300 g/mol. The third-order valence-electron chi connectivity index (χ3n) is 3.51. The van der Waals surface area contributed by atoms with Crippen LogP contribution < -0.4 is 4.90 Å². The van der Waals surface area contributed by atoms with Gasteiger partial charge in [0.15, 0.2) is 0 Å². The molecular weight excluding hydrogens is 287 g/mol. The van der Waals surface area contributed by atoms with Crippen LogP contribution in [0.5, 0.6) is 0 Å². The fourth-order valence-corrected chi connectivity index (χ4v) is 2.63. The molecule has 0 bridgehead atoms. The van der Waals surface area contributed by atoms with E-state index in [4.69, 9.17) is 11.6 Å². The van der Waals surface area contributed by atoms with Crippen LogP contribution in [0.3, 0.4) is 0 Å². The zero-order valence-electron chi connectivity index (χ0n) is 11.6. The lowest BCUT2D eigenvalue weighted by Crippen LogP contribution is -2.12. The van der Waals surface area contributed by atoms with E-state index in [-0.39, 0.29) is 5.82 Å². The fraction of sp³-hybridized carbons (Fsp3) is 0.118. The van der Waals surface area contributed by atoms with Crippen molar-refractivity contribution in [2.75, 3.05) is 11.9 Å². The molecule has 0 N–H and O–H groups in total. The number of anilines is 2. The molecule has 0 radical (unpaired) electrons. The van der Waals surface area contributed by atoms with Gasteiger partial charge in [0.25, 0.3) is 0 Å². The molecule has 0 saturated carbocycles. The number of alkyl halides is 1. The molecule has 0 unspecified atom stereocenters. The van der Waals surface area contributed by atoms with Gasteiger partial charge in [0, 0.05) is 30.2 Å². The molecule has 4 heteroatoms. The van der Waals surface area contributed by atoms with Crippen molar-refractivity contribution in [3.8, 4) is 0 Å². The van der Waals surface area contributed by atoms with Crippen molar-refractivity contribution in [2.24, 2.45) is 0 Å². The maximum Gasteiger partial charge on any atom is 0.140 e. The van der Waals surface area contributed by atoms with Gasteiger partial charge in [0.2, 0.25) is 0 Å². The molecule has 2 aromatic carbocycles. The third-order valence-corrected chi connectivity index (χ3v) is 3.80. The minimum absolute atomic E-state index is 0.263. The SMILES string of the molecule is CN(c1cccc(F)c1)c1ncc(CCl)c2ccccc12. The second-order valence-corrected chi connectivity index (χ2v) is 5.09. The Bertz CT molecular complexity index is 789. The minimum atomic E-state index is -0.263. The van der Waals surface area contributed by atoms with Gasteiger partial charge in [-0.15, -0.1) is 11.6 Å². The molecule has 1 heterocycles. The molecule has 0 aliphatic rings. The first-order chi connectivity index (χ1) is 10.2. The van der Waals surface area contributed by atoms with Gasteiger partial charge in [-0.2, -0.15) is 0 Å². The maximum atomic E-state index is 13.4. The highest BCUT2D eigenvalue weighted by molar-refractivity contribution is 6.18. The summed E-state index contributed by atoms with van der Waals surface area (Å²) in [6.45, 7) is 0. The van der Waals surface area contributed by atoms with E-state index >= 15 is 0 Å². The molecule has 0 aliphatic heterocycles. The molecule has 0 aliphatic carbocycles. The van der Waals surface area contributed by atoms with E-state index in [9.17, 15) is 4.39 Å². The normalized spacial score (nSPS) is 10.8. The second kappa shape index (κ2) is 5.70. The molecule has 106 valence electrons. The highest BCUT2D eigenvalue weighted by Gasteiger charge is 2.12. The number of halogens is 2. The van der Waals surface area contributed by atoms with Crippen molar-refractivity contribution in [3.05, 3.63) is 66.1 Å². The molecule has 2 nitrogen and oxygen atoms in total. The van der Waals surface area contributed by atoms with Crippen molar-refractivity contribution >= 4 is 33.9 Å². The first kappa shape index (κ1) is 13.8. The van der Waals surface area contributed by atoms with E-state index in [0.717, 1.165) is 27.8 Å². The summed E-state index contributed by atoms with van der Waals surface area (Å²) in [5.74, 6) is 0.934. The van der Waals surface area contributed by atoms with Gasteiger partial charge in [0.05, 0.1) is 0 Å². The van der Waals surface area contributed by atoms with Crippen molar-refractivity contribution in [1.82, 2.24) is 4.98 Å². The Balaban J connectivity index is 2.17. The number of benzene rings is 2. The van der Waals surface area contributed by atoms with Crippen molar-refractivity contribution in [1.29, 1.82) is 0 Å². The summed E-state index contributed by atoms with van der Waals surface area (Å²) < 4.78 is 13.4. The Morgan fingerprint density at radius 1 is 1.10 bits per heavy atom. The fourth-order valence-electron chi connectivity index (χ4n) is 2.42. The number of rotatable bonds is 3. The topological polar surface area (TPSA) is 16.1 Å². The average molecular weight is 301 g/mol. The van der Waals surface area contributed by atoms with Gasteiger partial charge in [0.1, 0.15) is 11.6 Å². The molecule has 0 atom stereocenters. The lowest BCUT2D eigenvalue weighted by Gasteiger charge is -2.21. The number of hydrogen-bond acceptors (Lipinski definition) is 2. The first-order valence-electron chi connectivity index (χ1n) is 6.62. The second-order valence-electron chi connectivity index (χ2n) is 4.83. The summed E-state index contributed by atoms with van der Waals surface area (Å²) in [6.07, 6.45) is 1.78. The standard InChI is InChI=1S/C17H14ClFN2/c1-21(14-6-4-5-13(19)9-14)17-16-8-3-2-7-15(16)12(10-18)11-20-17/h2-9,11H,10H2,1H3. The highest BCUT2D eigenvalue weighted by atomic mass is 35.5. The zero-order chi connectivity index (χ0) is 14.8. The Labute approximate surface area is 127 Å². The predicted molar refractivity (Wildman–Crippen MR) is 85.8 cm³/mol. The van der Waals surface area contributed by atoms with E-state index in [1.807, 2.05) is 42.3 Å². The summed E-state index contributed by atoms with van der Waals surface area (Å²) in [5.41, 5.74) is 1.75. The Morgan fingerprint density at radius 3 is 2.57 bits per heavy atom. The van der Waals surface area contributed by atoms with Crippen LogP contribution in [0.4, 0.5) is 15.9 Å². The van der Waals surface area contributed by atoms with Crippen LogP contribution in [0.25, 0.3) is 10.8 Å². The Kier molecular flexibility index (Phi) is 3.76. The number of fused-ring (bicyclic) bond motifs is 1. The molecule has 0 fully saturated rings. The Hall–Kier alpha value is -2.13. The smallest absolute Gasteiger partial charge is 0.140 e. The van der Waals surface area contributed by atoms with E-state index < -0.39 is 0 Å². The number of pyridine rings is 1. The van der Waals surface area contributed by atoms with Gasteiger partial charge in [-0.25, -0.2) is 9.37 Å². The quantitative estimate of drug-likeness (QED) is 0.641. The van der Waals surface area contributed by atoms with Crippen LogP contribution in [0, 0.1) is 5.82 Å². The van der Waals surface area contributed by atoms with Gasteiger partial charge in [-0.1, -0.05) is 30.3 Å². The summed E-state index contributed by atoms with van der Waals surface area (Å²) in [6, 6.07) is 14.4. The van der Waals surface area contributed by atoms with Crippen LogP contribution in [-0.2, 0) is 5.88 Å². The van der Waals surface area contributed by atoms with E-state index in [2.05, 4.69) is 4.98 Å². The molecule has 0 amide bonds. The van der Waals surface area contributed by atoms with Crippen LogP contribution in [0.1, 0.15) is 5.56 Å². The summed E-state index contributed by atoms with van der Waals surface area (Å²) in [4.78, 5) is 6.38. The molecule has 0 spiro atoms. The average Bonchev–Trinajstić information content (AvgIpc) is 2.53. The molecule has 3 aromatic rings. The van der Waals surface area contributed by atoms with Crippen LogP contribution in [0.2, 0.25) is 0 Å². The predicted octanol–water partition coefficient (Wildman–Crippen LogP) is 4.88. The van der Waals surface area contributed by atoms with Gasteiger partial charge in [-0.3, -0.25) is 0 Å². The van der Waals surface area contributed by atoms with Crippen molar-refractivity contribution in [2.45, 2.75) is 5.88 Å². The van der Waals surface area contributed by atoms with Gasteiger partial charge in [-0.05, 0) is 29.1 Å². The van der Waals surface area contributed by atoms with Crippen LogP contribution in [0.15, 0.2) is 54.7 Å². The molecule has 0 saturated heterocycles. The molecule has 3 rings (SSSR count). The lowest BCUT2D eigenvalue weighted by atomic mass is 10.1. The maximum absolute atomic E-state index is 13.4. The van der Waals surface area contributed by atoms with E-state index in [1.54, 1.807) is 12.3 Å². The minimum Gasteiger partial charge on any atom is -0.329 e. The Morgan fingerprint density at radius 2 is 1.86 bits per heavy atom. The molecular formula is C17H14ClFN2. The highest BCUT2D eigenvalue weighted by Crippen LogP contribution is 2.31. The molecule has 21 heavy (non-hydrogen) atoms. The summed E-state index contributed by atoms with van der Waals surface area (Å²) in [5, 5.41) is 2.07. The van der Waals surface area contributed by atoms with Crippen LogP contribution in [-0.4, -0.2) is 12.0 Å². The zero-order valence-corrected chi connectivity index (χ0v) is 12.3. The van der Waals surface area contributed by atoms with Gasteiger partial charge < -0.3 is 4.90 Å². The largest absolute Gasteiger partial charge is 0.329 e. The summed E-state index contributed by atoms with van der Waals surface area (Å²) in [7, 11) is 1.88. The molecule has 1 aromatic heterocycles. The first-order valence-corrected chi connectivity index (χ1v) is 7.16.